The van der Waals surface area contributed by atoms with Crippen LogP contribution >= 0.6 is 0 Å². The van der Waals surface area contributed by atoms with Crippen LogP contribution in [0.25, 0.3) is 22.0 Å². The first-order valence-corrected chi connectivity index (χ1v) is 6.33. The number of fused-ring (bicyclic) bond motifs is 1. The molecule has 0 spiro atoms. The number of pyridine rings is 2. The van der Waals surface area contributed by atoms with Crippen LogP contribution in [0.15, 0.2) is 43.0 Å². The standard InChI is InChI=1S/C15H16N4/c1-10(2)19-9-13(11-3-6-18-15(16)7-11)12-4-5-17-8-14(12)19/h3-10H,1-2H3,(H2,16,18). The number of rotatable bonds is 2. The first kappa shape index (κ1) is 11.7. The average molecular weight is 252 g/mol. The normalized spacial score (nSPS) is 11.3. The minimum atomic E-state index is 0.389. The summed E-state index contributed by atoms with van der Waals surface area (Å²) in [6, 6.07) is 6.32. The molecule has 3 aromatic heterocycles. The number of nitrogens with two attached hydrogens (primary N) is 1. The minimum absolute atomic E-state index is 0.389. The van der Waals surface area contributed by atoms with Gasteiger partial charge < -0.3 is 10.3 Å². The van der Waals surface area contributed by atoms with E-state index in [-0.39, 0.29) is 0 Å². The molecule has 0 amide bonds. The Kier molecular flexibility index (Phi) is 2.71. The minimum Gasteiger partial charge on any atom is -0.384 e. The van der Waals surface area contributed by atoms with Crippen molar-refractivity contribution in [2.45, 2.75) is 19.9 Å². The fourth-order valence-electron chi connectivity index (χ4n) is 2.37. The van der Waals surface area contributed by atoms with Gasteiger partial charge in [-0.1, -0.05) is 0 Å². The van der Waals surface area contributed by atoms with E-state index in [1.165, 1.54) is 10.9 Å². The number of aromatic nitrogens is 3. The summed E-state index contributed by atoms with van der Waals surface area (Å²) in [6.45, 7) is 4.33. The molecule has 0 aliphatic heterocycles. The summed E-state index contributed by atoms with van der Waals surface area (Å²) in [7, 11) is 0. The maximum absolute atomic E-state index is 5.78. The quantitative estimate of drug-likeness (QED) is 0.761. The summed E-state index contributed by atoms with van der Waals surface area (Å²) in [5.41, 5.74) is 9.17. The van der Waals surface area contributed by atoms with Gasteiger partial charge in [0, 0.05) is 35.6 Å². The summed E-state index contributed by atoms with van der Waals surface area (Å²) in [6.07, 6.45) is 7.63. The van der Waals surface area contributed by atoms with Crippen molar-refractivity contribution in [3.63, 3.8) is 0 Å². The molecule has 4 heteroatoms. The second-order valence-electron chi connectivity index (χ2n) is 4.91. The molecule has 4 nitrogen and oxygen atoms in total. The van der Waals surface area contributed by atoms with Crippen molar-refractivity contribution >= 4 is 16.7 Å². The van der Waals surface area contributed by atoms with Gasteiger partial charge in [0.05, 0.1) is 11.7 Å². The lowest BCUT2D eigenvalue weighted by molar-refractivity contribution is 0.623. The molecular formula is C15H16N4. The van der Waals surface area contributed by atoms with Crippen molar-refractivity contribution in [1.82, 2.24) is 14.5 Å². The van der Waals surface area contributed by atoms with Gasteiger partial charge in [0.25, 0.3) is 0 Å². The first-order valence-electron chi connectivity index (χ1n) is 6.33. The molecule has 0 bridgehead atoms. The topological polar surface area (TPSA) is 56.7 Å². The Morgan fingerprint density at radius 2 is 2.05 bits per heavy atom. The molecule has 0 saturated carbocycles. The van der Waals surface area contributed by atoms with Gasteiger partial charge in [-0.3, -0.25) is 4.98 Å². The van der Waals surface area contributed by atoms with E-state index in [4.69, 9.17) is 5.73 Å². The molecule has 0 fully saturated rings. The third-order valence-electron chi connectivity index (χ3n) is 3.29. The van der Waals surface area contributed by atoms with Crippen LogP contribution in [0.3, 0.4) is 0 Å². The lowest BCUT2D eigenvalue weighted by Crippen LogP contribution is -1.97. The van der Waals surface area contributed by atoms with Gasteiger partial charge in [0.1, 0.15) is 5.82 Å². The smallest absolute Gasteiger partial charge is 0.123 e. The van der Waals surface area contributed by atoms with Gasteiger partial charge in [0.15, 0.2) is 0 Å². The number of nitrogen functional groups attached to an aromatic ring is 1. The zero-order valence-electron chi connectivity index (χ0n) is 11.0. The summed E-state index contributed by atoms with van der Waals surface area (Å²) in [5, 5.41) is 1.19. The zero-order valence-corrected chi connectivity index (χ0v) is 11.0. The van der Waals surface area contributed by atoms with Crippen molar-refractivity contribution < 1.29 is 0 Å². The van der Waals surface area contributed by atoms with Gasteiger partial charge >= 0.3 is 0 Å². The third kappa shape index (κ3) is 1.95. The van der Waals surface area contributed by atoms with Crippen LogP contribution in [0.4, 0.5) is 5.82 Å². The lowest BCUT2D eigenvalue weighted by Gasteiger charge is -2.07. The van der Waals surface area contributed by atoms with Gasteiger partial charge in [-0.25, -0.2) is 4.98 Å². The summed E-state index contributed by atoms with van der Waals surface area (Å²) < 4.78 is 2.23. The Morgan fingerprint density at radius 3 is 2.79 bits per heavy atom. The molecule has 3 rings (SSSR count). The van der Waals surface area contributed by atoms with Crippen molar-refractivity contribution in [2.24, 2.45) is 0 Å². The third-order valence-corrected chi connectivity index (χ3v) is 3.29. The average Bonchev–Trinajstić information content (AvgIpc) is 2.78. The second-order valence-corrected chi connectivity index (χ2v) is 4.91. The fourth-order valence-corrected chi connectivity index (χ4v) is 2.37. The zero-order chi connectivity index (χ0) is 13.4. The Balaban J connectivity index is 2.30. The molecule has 3 aromatic rings. The van der Waals surface area contributed by atoms with Crippen molar-refractivity contribution in [2.75, 3.05) is 5.73 Å². The first-order chi connectivity index (χ1) is 9.16. The maximum Gasteiger partial charge on any atom is 0.123 e. The van der Waals surface area contributed by atoms with Crippen LogP contribution in [-0.2, 0) is 0 Å². The number of nitrogens with zero attached hydrogens (tertiary/aromatic N) is 3. The van der Waals surface area contributed by atoms with E-state index in [1.54, 1.807) is 6.20 Å². The summed E-state index contributed by atoms with van der Waals surface area (Å²) in [5.74, 6) is 0.539. The fraction of sp³-hybridized carbons (Fsp3) is 0.200. The van der Waals surface area contributed by atoms with E-state index in [0.29, 0.717) is 11.9 Å². The largest absolute Gasteiger partial charge is 0.384 e. The Labute approximate surface area is 111 Å². The van der Waals surface area contributed by atoms with Crippen LogP contribution in [0.5, 0.6) is 0 Å². The van der Waals surface area contributed by atoms with Gasteiger partial charge in [0.2, 0.25) is 0 Å². The summed E-state index contributed by atoms with van der Waals surface area (Å²) in [4.78, 5) is 8.27. The Hall–Kier alpha value is -2.36. The van der Waals surface area contributed by atoms with Gasteiger partial charge in [-0.2, -0.15) is 0 Å². The summed E-state index contributed by atoms with van der Waals surface area (Å²) >= 11 is 0. The van der Waals surface area contributed by atoms with Crippen LogP contribution < -0.4 is 5.73 Å². The van der Waals surface area contributed by atoms with E-state index < -0.39 is 0 Å². The van der Waals surface area contributed by atoms with Crippen LogP contribution in [0.1, 0.15) is 19.9 Å². The Morgan fingerprint density at radius 1 is 1.21 bits per heavy atom. The van der Waals surface area contributed by atoms with Crippen LogP contribution in [0, 0.1) is 0 Å². The monoisotopic (exact) mass is 252 g/mol. The molecule has 0 aliphatic rings. The molecule has 0 aliphatic carbocycles. The molecule has 3 heterocycles. The molecule has 0 atom stereocenters. The number of hydrogen-bond donors (Lipinski definition) is 1. The SMILES string of the molecule is CC(C)n1cc(-c2ccnc(N)c2)c2ccncc21. The van der Waals surface area contributed by atoms with Crippen molar-refractivity contribution in [3.05, 3.63) is 43.0 Å². The maximum atomic E-state index is 5.78. The number of anilines is 1. The molecular weight excluding hydrogens is 236 g/mol. The van der Waals surface area contributed by atoms with Gasteiger partial charge in [-0.15, -0.1) is 0 Å². The molecule has 0 aromatic carbocycles. The Bertz CT molecular complexity index is 728. The van der Waals surface area contributed by atoms with E-state index in [9.17, 15) is 0 Å². The van der Waals surface area contributed by atoms with Gasteiger partial charge in [-0.05, 0) is 37.6 Å². The molecule has 19 heavy (non-hydrogen) atoms. The highest BCUT2D eigenvalue weighted by Gasteiger charge is 2.12. The van der Waals surface area contributed by atoms with Crippen molar-refractivity contribution in [3.8, 4) is 11.1 Å². The second kappa shape index (κ2) is 4.39. The van der Waals surface area contributed by atoms with E-state index in [0.717, 1.165) is 11.1 Å². The molecule has 0 unspecified atom stereocenters. The molecule has 2 N–H and O–H groups in total. The van der Waals surface area contributed by atoms with Crippen LogP contribution in [-0.4, -0.2) is 14.5 Å². The number of hydrogen-bond acceptors (Lipinski definition) is 3. The van der Waals surface area contributed by atoms with E-state index in [2.05, 4.69) is 34.6 Å². The van der Waals surface area contributed by atoms with Crippen molar-refractivity contribution in [1.29, 1.82) is 0 Å². The van der Waals surface area contributed by atoms with E-state index >= 15 is 0 Å². The van der Waals surface area contributed by atoms with Crippen LogP contribution in [0.2, 0.25) is 0 Å². The predicted molar refractivity (Wildman–Crippen MR) is 77.8 cm³/mol. The molecule has 0 saturated heterocycles. The highest BCUT2D eigenvalue weighted by molar-refractivity contribution is 5.95. The highest BCUT2D eigenvalue weighted by atomic mass is 15.0. The lowest BCUT2D eigenvalue weighted by atomic mass is 10.1. The predicted octanol–water partition coefficient (Wildman–Crippen LogP) is 3.26. The molecule has 0 radical (unpaired) electrons. The molecule has 96 valence electrons. The highest BCUT2D eigenvalue weighted by Crippen LogP contribution is 2.32. The van der Waals surface area contributed by atoms with E-state index in [1.807, 2.05) is 30.6 Å².